The van der Waals surface area contributed by atoms with Crippen molar-refractivity contribution in [2.45, 2.75) is 45.2 Å². The van der Waals surface area contributed by atoms with Crippen molar-refractivity contribution in [3.63, 3.8) is 0 Å². The molecule has 1 aromatic carbocycles. The topological polar surface area (TPSA) is 105 Å². The van der Waals surface area contributed by atoms with Crippen LogP contribution in [0.15, 0.2) is 36.7 Å². The van der Waals surface area contributed by atoms with Gasteiger partial charge >= 0.3 is 0 Å². The predicted octanol–water partition coefficient (Wildman–Crippen LogP) is 4.10. The molecule has 212 valence electrons. The van der Waals surface area contributed by atoms with E-state index in [2.05, 4.69) is 37.4 Å². The van der Waals surface area contributed by atoms with Crippen LogP contribution in [0.25, 0.3) is 11.2 Å². The number of nitriles is 1. The van der Waals surface area contributed by atoms with Gasteiger partial charge in [0.1, 0.15) is 29.8 Å². The molecule has 0 spiro atoms. The number of nitrogens with zero attached hydrogens (tertiary/aromatic N) is 8. The molecule has 10 nitrogen and oxygen atoms in total. The zero-order valence-electron chi connectivity index (χ0n) is 22.3. The summed E-state index contributed by atoms with van der Waals surface area (Å²) in [6.45, 7) is 5.80. The predicted molar refractivity (Wildman–Crippen MR) is 146 cm³/mol. The zero-order valence-corrected chi connectivity index (χ0v) is 23.1. The molecule has 2 saturated heterocycles. The Kier molecular flexibility index (Phi) is 7.66. The minimum atomic E-state index is -0.725. The van der Waals surface area contributed by atoms with E-state index in [0.29, 0.717) is 49.8 Å². The minimum Gasteiger partial charge on any atom is -0.470 e. The molecule has 6 rings (SSSR count). The maximum atomic E-state index is 14.4. The van der Waals surface area contributed by atoms with Crippen LogP contribution in [-0.2, 0) is 24.4 Å². The monoisotopic (exact) mass is 580 g/mol. The van der Waals surface area contributed by atoms with Gasteiger partial charge in [-0.05, 0) is 31.5 Å². The normalized spacial score (nSPS) is 19.2. The van der Waals surface area contributed by atoms with Crippen LogP contribution in [0.3, 0.4) is 0 Å². The van der Waals surface area contributed by atoms with Crippen LogP contribution in [0.4, 0.5) is 14.7 Å². The number of halogens is 3. The Balaban J connectivity index is 1.15. The van der Waals surface area contributed by atoms with Gasteiger partial charge in [0.05, 0.1) is 31.0 Å². The van der Waals surface area contributed by atoms with E-state index >= 15 is 0 Å². The lowest BCUT2D eigenvalue weighted by atomic mass is 10.2. The minimum absolute atomic E-state index is 0.0979. The standard InChI is InChI=1S/C28H27ClF2N8O2/c1-17-13-38(28-34-12-23(31)27(36-28)41-16-19-2-3-20(29)9-22(19)30)6-5-37(17)15-25-35-24-8-18(10-32)11-33-26(24)39(25)14-21-4-7-40-21/h2-3,8-9,11-12,17,21H,4-7,13-16H2,1H3. The second-order valence-electron chi connectivity index (χ2n) is 10.2. The molecule has 3 aromatic heterocycles. The third kappa shape index (κ3) is 5.79. The van der Waals surface area contributed by atoms with Crippen molar-refractivity contribution in [1.29, 1.82) is 5.26 Å². The van der Waals surface area contributed by atoms with Crippen molar-refractivity contribution >= 4 is 28.7 Å². The maximum Gasteiger partial charge on any atom is 0.255 e. The summed E-state index contributed by atoms with van der Waals surface area (Å²) in [5, 5.41) is 9.57. The van der Waals surface area contributed by atoms with Crippen molar-refractivity contribution in [2.75, 3.05) is 31.1 Å². The van der Waals surface area contributed by atoms with E-state index in [4.69, 9.17) is 26.1 Å². The van der Waals surface area contributed by atoms with E-state index in [0.717, 1.165) is 30.7 Å². The summed E-state index contributed by atoms with van der Waals surface area (Å²) in [5.41, 5.74) is 2.14. The molecule has 2 atom stereocenters. The highest BCUT2D eigenvalue weighted by molar-refractivity contribution is 6.30. The molecule has 0 aliphatic carbocycles. The summed E-state index contributed by atoms with van der Waals surface area (Å²) in [7, 11) is 0. The number of hydrogen-bond acceptors (Lipinski definition) is 9. The molecule has 2 aliphatic heterocycles. The number of fused-ring (bicyclic) bond motifs is 1. The first-order valence-corrected chi connectivity index (χ1v) is 13.7. The molecule has 0 saturated carbocycles. The molecule has 0 bridgehead atoms. The van der Waals surface area contributed by atoms with Crippen molar-refractivity contribution in [2.24, 2.45) is 0 Å². The van der Waals surface area contributed by atoms with Gasteiger partial charge in [0, 0.05) is 49.1 Å². The smallest absolute Gasteiger partial charge is 0.255 e. The van der Waals surface area contributed by atoms with Gasteiger partial charge in [0.15, 0.2) is 5.65 Å². The fraction of sp³-hybridized carbons (Fsp3) is 0.393. The lowest BCUT2D eigenvalue weighted by Gasteiger charge is -2.39. The van der Waals surface area contributed by atoms with Gasteiger partial charge in [0.25, 0.3) is 5.88 Å². The number of pyridine rings is 1. The van der Waals surface area contributed by atoms with Crippen LogP contribution in [0.1, 0.15) is 30.3 Å². The fourth-order valence-electron chi connectivity index (χ4n) is 5.04. The van der Waals surface area contributed by atoms with E-state index in [-0.39, 0.29) is 35.2 Å². The second kappa shape index (κ2) is 11.5. The molecule has 5 heterocycles. The number of benzene rings is 1. The first-order chi connectivity index (χ1) is 19.9. The van der Waals surface area contributed by atoms with Gasteiger partial charge < -0.3 is 18.9 Å². The van der Waals surface area contributed by atoms with Crippen molar-refractivity contribution < 1.29 is 18.3 Å². The average Bonchev–Trinajstić information content (AvgIpc) is 3.27. The van der Waals surface area contributed by atoms with E-state index in [1.807, 2.05) is 4.90 Å². The molecule has 41 heavy (non-hydrogen) atoms. The highest BCUT2D eigenvalue weighted by Gasteiger charge is 2.29. The molecule has 2 aliphatic rings. The second-order valence-corrected chi connectivity index (χ2v) is 10.6. The van der Waals surface area contributed by atoms with Crippen LogP contribution in [0, 0.1) is 23.0 Å². The molecule has 2 fully saturated rings. The molecular formula is C28H27ClF2N8O2. The maximum absolute atomic E-state index is 14.4. The van der Waals surface area contributed by atoms with Gasteiger partial charge in [-0.1, -0.05) is 17.7 Å². The van der Waals surface area contributed by atoms with Gasteiger partial charge in [-0.25, -0.2) is 19.3 Å². The van der Waals surface area contributed by atoms with Crippen LogP contribution >= 0.6 is 11.6 Å². The Morgan fingerprint density at radius 3 is 2.73 bits per heavy atom. The highest BCUT2D eigenvalue weighted by Crippen LogP contribution is 2.25. The largest absolute Gasteiger partial charge is 0.470 e. The van der Waals surface area contributed by atoms with Gasteiger partial charge in [-0.15, -0.1) is 0 Å². The van der Waals surface area contributed by atoms with E-state index < -0.39 is 11.6 Å². The summed E-state index contributed by atoms with van der Waals surface area (Å²) in [4.78, 5) is 22.1. The lowest BCUT2D eigenvalue weighted by molar-refractivity contribution is -0.0593. The Hall–Kier alpha value is -3.92. The van der Waals surface area contributed by atoms with Crippen LogP contribution in [-0.4, -0.2) is 67.8 Å². The van der Waals surface area contributed by atoms with Crippen molar-refractivity contribution in [1.82, 2.24) is 29.4 Å². The number of aromatic nitrogens is 5. The number of anilines is 1. The first kappa shape index (κ1) is 27.3. The Morgan fingerprint density at radius 2 is 2.00 bits per heavy atom. The average molecular weight is 581 g/mol. The first-order valence-electron chi connectivity index (χ1n) is 13.3. The number of piperazine rings is 1. The number of ether oxygens (including phenoxy) is 2. The summed E-state index contributed by atoms with van der Waals surface area (Å²) in [6.07, 6.45) is 3.75. The summed E-state index contributed by atoms with van der Waals surface area (Å²) >= 11 is 5.81. The van der Waals surface area contributed by atoms with Gasteiger partial charge in [0.2, 0.25) is 11.8 Å². The molecule has 0 N–H and O–H groups in total. The number of rotatable bonds is 8. The Morgan fingerprint density at radius 1 is 1.15 bits per heavy atom. The molecule has 0 amide bonds. The molecule has 0 radical (unpaired) electrons. The third-order valence-corrected chi connectivity index (χ3v) is 7.68. The zero-order chi connectivity index (χ0) is 28.5. The summed E-state index contributed by atoms with van der Waals surface area (Å²) in [5.74, 6) is -0.297. The molecule has 13 heteroatoms. The fourth-order valence-corrected chi connectivity index (χ4v) is 5.20. The van der Waals surface area contributed by atoms with Crippen LogP contribution in [0.2, 0.25) is 5.02 Å². The number of hydrogen-bond donors (Lipinski definition) is 0. The molecule has 4 aromatic rings. The Bertz CT molecular complexity index is 1620. The summed E-state index contributed by atoms with van der Waals surface area (Å²) < 4.78 is 41.9. The summed E-state index contributed by atoms with van der Waals surface area (Å²) in [6, 6.07) is 8.20. The van der Waals surface area contributed by atoms with Crippen LogP contribution in [0.5, 0.6) is 5.88 Å². The molecular weight excluding hydrogens is 554 g/mol. The SMILES string of the molecule is CC1CN(c2ncc(F)c(OCc3ccc(Cl)cc3F)n2)CCN1Cc1nc2cc(C#N)cnc2n1CC1CCO1. The van der Waals surface area contributed by atoms with Crippen molar-refractivity contribution in [3.05, 3.63) is 70.3 Å². The third-order valence-electron chi connectivity index (χ3n) is 7.44. The molecule has 2 unspecified atom stereocenters. The van der Waals surface area contributed by atoms with E-state index in [9.17, 15) is 14.0 Å². The van der Waals surface area contributed by atoms with Crippen molar-refractivity contribution in [3.8, 4) is 11.9 Å². The van der Waals surface area contributed by atoms with E-state index in [1.54, 1.807) is 18.3 Å². The lowest BCUT2D eigenvalue weighted by Crippen LogP contribution is -2.52. The Labute approximate surface area is 240 Å². The number of imidazole rings is 1. The van der Waals surface area contributed by atoms with Crippen LogP contribution < -0.4 is 9.64 Å². The van der Waals surface area contributed by atoms with E-state index in [1.165, 1.54) is 12.1 Å². The van der Waals surface area contributed by atoms with Gasteiger partial charge in [-0.3, -0.25) is 4.90 Å². The highest BCUT2D eigenvalue weighted by atomic mass is 35.5. The van der Waals surface area contributed by atoms with Gasteiger partial charge in [-0.2, -0.15) is 14.6 Å². The quantitative estimate of drug-likeness (QED) is 0.304.